The van der Waals surface area contributed by atoms with Crippen molar-refractivity contribution in [1.82, 2.24) is 0 Å². The average Bonchev–Trinajstić information content (AvgIpc) is 3.41. The molecular weight excluding hydrogens is 625 g/mol. The van der Waals surface area contributed by atoms with Crippen LogP contribution < -0.4 is 5.38 Å². The second-order valence-corrected chi connectivity index (χ2v) is 33.1. The SMILES string of the molecule is C=C[C@@H](O[Si](C)(C)C(C)(C)C)c1c(C(OC(C)=O)[C@@]2(C)O[C@@H]2CCC(=C)CO[Si](C)(C)C(C)(C)C)oc([Si](C)(C)C(C)(C)C)c1C. The molecule has 6 nitrogen and oxygen atoms in total. The highest BCUT2D eigenvalue weighted by Crippen LogP contribution is 2.53. The van der Waals surface area contributed by atoms with Gasteiger partial charge < -0.3 is 22.7 Å². The van der Waals surface area contributed by atoms with Crippen LogP contribution >= 0.6 is 0 Å². The summed E-state index contributed by atoms with van der Waals surface area (Å²) in [5.74, 6) is 0.253. The van der Waals surface area contributed by atoms with Crippen molar-refractivity contribution in [3.63, 3.8) is 0 Å². The van der Waals surface area contributed by atoms with E-state index in [1.165, 1.54) is 6.92 Å². The van der Waals surface area contributed by atoms with E-state index < -0.39 is 42.5 Å². The van der Waals surface area contributed by atoms with Crippen molar-refractivity contribution in [2.75, 3.05) is 6.61 Å². The zero-order valence-electron chi connectivity index (χ0n) is 32.8. The normalized spacial score (nSPS) is 21.1. The molecule has 1 aliphatic rings. The number of esters is 1. The molecule has 1 fully saturated rings. The molecule has 0 saturated carbocycles. The maximum atomic E-state index is 12.7. The van der Waals surface area contributed by atoms with Crippen LogP contribution in [-0.2, 0) is 23.1 Å². The lowest BCUT2D eigenvalue weighted by Crippen LogP contribution is -2.50. The van der Waals surface area contributed by atoms with Gasteiger partial charge >= 0.3 is 5.97 Å². The van der Waals surface area contributed by atoms with Gasteiger partial charge in [-0.25, -0.2) is 0 Å². The van der Waals surface area contributed by atoms with Crippen molar-refractivity contribution in [3.05, 3.63) is 41.7 Å². The van der Waals surface area contributed by atoms with E-state index in [9.17, 15) is 4.79 Å². The largest absolute Gasteiger partial charge is 0.466 e. The summed E-state index contributed by atoms with van der Waals surface area (Å²) in [5, 5.41) is 1.17. The van der Waals surface area contributed by atoms with E-state index in [1.807, 2.05) is 13.0 Å². The first-order chi connectivity index (χ1) is 20.4. The van der Waals surface area contributed by atoms with Crippen LogP contribution in [0.2, 0.25) is 54.4 Å². The van der Waals surface area contributed by atoms with Crippen LogP contribution in [0, 0.1) is 6.92 Å². The number of carbonyl (C=O) groups is 1. The first kappa shape index (κ1) is 40.9. The lowest BCUT2D eigenvalue weighted by molar-refractivity contribution is -0.151. The predicted molar refractivity (Wildman–Crippen MR) is 201 cm³/mol. The molecule has 0 N–H and O–H groups in total. The van der Waals surface area contributed by atoms with Crippen LogP contribution in [-0.4, -0.2) is 49.0 Å². The zero-order valence-corrected chi connectivity index (χ0v) is 35.8. The summed E-state index contributed by atoms with van der Waals surface area (Å²) in [6.45, 7) is 48.7. The van der Waals surface area contributed by atoms with Gasteiger partial charge in [0, 0.05) is 12.5 Å². The van der Waals surface area contributed by atoms with E-state index in [1.54, 1.807) is 0 Å². The molecule has 0 bridgehead atoms. The third kappa shape index (κ3) is 8.67. The molecule has 2 heterocycles. The molecule has 46 heavy (non-hydrogen) atoms. The number of ether oxygens (including phenoxy) is 2. The molecule has 1 aromatic heterocycles. The molecule has 9 heteroatoms. The molecule has 0 amide bonds. The molecule has 0 radical (unpaired) electrons. The van der Waals surface area contributed by atoms with Gasteiger partial charge in [-0.2, -0.15) is 0 Å². The van der Waals surface area contributed by atoms with E-state index in [-0.39, 0.29) is 27.2 Å². The monoisotopic (exact) mass is 692 g/mol. The van der Waals surface area contributed by atoms with Crippen molar-refractivity contribution in [3.8, 4) is 0 Å². The minimum Gasteiger partial charge on any atom is -0.466 e. The van der Waals surface area contributed by atoms with Crippen LogP contribution in [0.5, 0.6) is 0 Å². The summed E-state index contributed by atoms with van der Waals surface area (Å²) in [6, 6.07) is 0. The molecule has 1 unspecified atom stereocenters. The Balaban J connectivity index is 2.57. The Hall–Kier alpha value is -1.24. The molecule has 1 aliphatic heterocycles. The van der Waals surface area contributed by atoms with Crippen LogP contribution in [0.15, 0.2) is 29.2 Å². The molecular formula is C37H68O6Si3. The summed E-state index contributed by atoms with van der Waals surface area (Å²) in [7, 11) is -6.24. The maximum absolute atomic E-state index is 12.7. The summed E-state index contributed by atoms with van der Waals surface area (Å²) >= 11 is 0. The minimum absolute atomic E-state index is 0.00299. The Labute approximate surface area is 285 Å². The number of hydrogen-bond donors (Lipinski definition) is 0. The Kier molecular flexibility index (Phi) is 12.1. The van der Waals surface area contributed by atoms with Gasteiger partial charge in [-0.15, -0.1) is 6.58 Å². The lowest BCUT2D eigenvalue weighted by Gasteiger charge is -2.39. The summed E-state index contributed by atoms with van der Waals surface area (Å²) in [6.07, 6.45) is 2.13. The standard InChI is InChI=1S/C37H68O6Si3/c1-21-28(43-46(19,20)36(11,12)13)30-26(3)33(44(15,16)34(5,6)7)41-31(30)32(40-27(4)38)37(14)29(42-37)23-22-25(2)24-39-45(17,18)35(8,9)10/h21,28-29,32H,1-2,22-24H2,3-20H3/t28-,29-,32?,37+/m1/s1. The highest BCUT2D eigenvalue weighted by molar-refractivity contribution is 6.91. The van der Waals surface area contributed by atoms with E-state index in [2.05, 4.69) is 122 Å². The van der Waals surface area contributed by atoms with Gasteiger partial charge in [0.05, 0.1) is 24.2 Å². The second-order valence-electron chi connectivity index (χ2n) is 18.4. The maximum Gasteiger partial charge on any atom is 0.303 e. The van der Waals surface area contributed by atoms with Crippen LogP contribution in [0.1, 0.15) is 118 Å². The fraction of sp³-hybridized carbons (Fsp3) is 0.757. The average molecular weight is 693 g/mol. The summed E-state index contributed by atoms with van der Waals surface area (Å²) in [4.78, 5) is 12.7. The van der Waals surface area contributed by atoms with Crippen molar-refractivity contribution >= 4 is 36.1 Å². The first-order valence-corrected chi connectivity index (χ1v) is 25.9. The molecule has 264 valence electrons. The summed E-state index contributed by atoms with van der Waals surface area (Å²) < 4.78 is 33.0. The fourth-order valence-corrected chi connectivity index (χ4v) is 9.42. The van der Waals surface area contributed by atoms with Gasteiger partial charge in [-0.05, 0) is 73.6 Å². The minimum atomic E-state index is -2.22. The molecule has 2 rings (SSSR count). The summed E-state index contributed by atoms with van der Waals surface area (Å²) in [5.41, 5.74) is 2.29. The van der Waals surface area contributed by atoms with E-state index in [0.717, 1.165) is 34.9 Å². The molecule has 0 aliphatic carbocycles. The van der Waals surface area contributed by atoms with Crippen molar-refractivity contribution in [2.24, 2.45) is 0 Å². The van der Waals surface area contributed by atoms with Crippen LogP contribution in [0.4, 0.5) is 0 Å². The van der Waals surface area contributed by atoms with Gasteiger partial charge in [0.2, 0.25) is 0 Å². The van der Waals surface area contributed by atoms with Gasteiger partial charge in [0.15, 0.2) is 28.5 Å². The highest BCUT2D eigenvalue weighted by Gasteiger charge is 2.62. The van der Waals surface area contributed by atoms with Crippen molar-refractivity contribution in [2.45, 2.75) is 174 Å². The topological polar surface area (TPSA) is 70.4 Å². The van der Waals surface area contributed by atoms with E-state index in [0.29, 0.717) is 12.4 Å². The predicted octanol–water partition coefficient (Wildman–Crippen LogP) is 10.7. The Morgan fingerprint density at radius 2 is 1.48 bits per heavy atom. The number of epoxide rings is 1. The van der Waals surface area contributed by atoms with E-state index in [4.69, 9.17) is 22.7 Å². The molecule has 4 atom stereocenters. The lowest BCUT2D eigenvalue weighted by atomic mass is 9.91. The van der Waals surface area contributed by atoms with E-state index >= 15 is 0 Å². The highest BCUT2D eigenvalue weighted by atomic mass is 28.4. The Bertz CT molecular complexity index is 1270. The van der Waals surface area contributed by atoms with Gasteiger partial charge in [0.25, 0.3) is 0 Å². The molecule has 0 spiro atoms. The van der Waals surface area contributed by atoms with Crippen LogP contribution in [0.25, 0.3) is 0 Å². The fourth-order valence-electron chi connectivity index (χ4n) is 5.10. The molecule has 1 aromatic rings. The van der Waals surface area contributed by atoms with Gasteiger partial charge in [-0.1, -0.05) is 93.6 Å². The zero-order chi connectivity index (χ0) is 36.1. The first-order valence-electron chi connectivity index (χ1n) is 17.0. The van der Waals surface area contributed by atoms with Crippen LogP contribution in [0.3, 0.4) is 0 Å². The third-order valence-corrected chi connectivity index (χ3v) is 25.9. The van der Waals surface area contributed by atoms with Gasteiger partial charge in [0.1, 0.15) is 13.7 Å². The molecule has 0 aromatic carbocycles. The number of carbonyl (C=O) groups excluding carboxylic acids is 1. The smallest absolute Gasteiger partial charge is 0.303 e. The van der Waals surface area contributed by atoms with Crippen molar-refractivity contribution in [1.29, 1.82) is 0 Å². The van der Waals surface area contributed by atoms with Crippen molar-refractivity contribution < 1.29 is 27.5 Å². The molecule has 1 saturated heterocycles. The Morgan fingerprint density at radius 3 is 1.91 bits per heavy atom. The number of hydrogen-bond acceptors (Lipinski definition) is 6. The Morgan fingerprint density at radius 1 is 0.957 bits per heavy atom. The second kappa shape index (κ2) is 13.6. The third-order valence-electron chi connectivity index (χ3n) is 11.6. The van der Waals surface area contributed by atoms with Gasteiger partial charge in [-0.3, -0.25) is 4.79 Å². The quantitative estimate of drug-likeness (QED) is 0.0836. The number of furan rings is 1. The number of rotatable bonds is 14.